The predicted octanol–water partition coefficient (Wildman–Crippen LogP) is 4.11. The number of nitrogens with one attached hydrogen (secondary N) is 3. The molecule has 2 aromatic heterocycles. The van der Waals surface area contributed by atoms with Crippen molar-refractivity contribution in [3.63, 3.8) is 0 Å². The molecule has 0 unspecified atom stereocenters. The lowest BCUT2D eigenvalue weighted by Gasteiger charge is -2.35. The lowest BCUT2D eigenvalue weighted by molar-refractivity contribution is -0.141. The number of sulfonamides is 1. The van der Waals surface area contributed by atoms with Crippen molar-refractivity contribution in [2.45, 2.75) is 101 Å². The van der Waals surface area contributed by atoms with Crippen molar-refractivity contribution in [3.8, 4) is 5.88 Å². The van der Waals surface area contributed by atoms with Crippen molar-refractivity contribution in [1.29, 1.82) is 0 Å². The highest BCUT2D eigenvalue weighted by Crippen LogP contribution is 2.45. The first-order valence-electron chi connectivity index (χ1n) is 17.3. The molecule has 12 nitrogen and oxygen atoms in total. The Hall–Kier alpha value is -4.04. The first kappa shape index (κ1) is 34.4. The van der Waals surface area contributed by atoms with Crippen LogP contribution in [-0.4, -0.2) is 76.5 Å². The molecule has 6 bridgehead atoms. The molecule has 14 heteroatoms. The number of pyridine rings is 1. The molecule has 1 aromatic carbocycles. The summed E-state index contributed by atoms with van der Waals surface area (Å²) in [6, 6.07) is 6.46. The Balaban J connectivity index is 1.23. The maximum absolute atomic E-state index is 14.6. The number of ether oxygens (including phenoxy) is 1. The zero-order chi connectivity index (χ0) is 35.4. The Morgan fingerprint density at radius 2 is 1.96 bits per heavy atom. The van der Waals surface area contributed by atoms with E-state index in [4.69, 9.17) is 9.72 Å². The molecule has 0 spiro atoms. The summed E-state index contributed by atoms with van der Waals surface area (Å²) < 4.78 is 34.1. The molecule has 3 fully saturated rings. The van der Waals surface area contributed by atoms with Gasteiger partial charge in [0.25, 0.3) is 5.91 Å². The Morgan fingerprint density at radius 1 is 1.18 bits per heavy atom. The van der Waals surface area contributed by atoms with Crippen molar-refractivity contribution < 1.29 is 27.5 Å². The first-order chi connectivity index (χ1) is 23.8. The maximum Gasteiger partial charge on any atom is 0.259 e. The summed E-state index contributed by atoms with van der Waals surface area (Å²) in [6.45, 7) is 9.78. The number of anilines is 1. The molecule has 5 atom stereocenters. The molecule has 7 rings (SSSR count). The second-order valence-electron chi connectivity index (χ2n) is 15.1. The van der Waals surface area contributed by atoms with E-state index in [-0.39, 0.29) is 25.3 Å². The highest BCUT2D eigenvalue weighted by molar-refractivity contribution is 7.91. The number of aryl methyl sites for hydroxylation is 2. The van der Waals surface area contributed by atoms with Crippen LogP contribution in [0.4, 0.5) is 5.13 Å². The minimum Gasteiger partial charge on any atom is -0.472 e. The number of thiazole rings is 1. The predicted molar refractivity (Wildman–Crippen MR) is 191 cm³/mol. The van der Waals surface area contributed by atoms with Crippen LogP contribution in [0.2, 0.25) is 0 Å². The number of fused-ring (bicyclic) bond motifs is 5. The third-order valence-electron chi connectivity index (χ3n) is 10.3. The summed E-state index contributed by atoms with van der Waals surface area (Å²) in [5, 5.41) is 10.1. The quantitative estimate of drug-likeness (QED) is 0.319. The Bertz CT molecular complexity index is 1950. The lowest BCUT2D eigenvalue weighted by Crippen LogP contribution is -2.58. The molecular formula is C36H44N6O6S2. The summed E-state index contributed by atoms with van der Waals surface area (Å²) >= 11 is 1.45. The molecule has 4 aliphatic rings. The molecule has 3 amide bonds. The fraction of sp³-hybridized carbons (Fsp3) is 0.528. The number of rotatable bonds is 6. The number of benzene rings is 1. The van der Waals surface area contributed by atoms with E-state index in [1.807, 2.05) is 32.2 Å². The van der Waals surface area contributed by atoms with E-state index in [0.717, 1.165) is 42.1 Å². The summed E-state index contributed by atoms with van der Waals surface area (Å²) in [4.78, 5) is 53.3. The van der Waals surface area contributed by atoms with E-state index in [9.17, 15) is 22.8 Å². The molecule has 266 valence electrons. The highest BCUT2D eigenvalue weighted by Gasteiger charge is 2.62. The molecular weight excluding hydrogens is 677 g/mol. The van der Waals surface area contributed by atoms with Gasteiger partial charge in [0, 0.05) is 29.3 Å². The summed E-state index contributed by atoms with van der Waals surface area (Å²) in [5.74, 6) is -1.68. The van der Waals surface area contributed by atoms with Crippen LogP contribution in [0, 0.1) is 11.3 Å². The van der Waals surface area contributed by atoms with Gasteiger partial charge in [-0.3, -0.25) is 19.1 Å². The largest absolute Gasteiger partial charge is 0.472 e. The Morgan fingerprint density at radius 3 is 2.68 bits per heavy atom. The standard InChI is InChI=1S/C36H44N6O6S2/c1-5-23-18-36(23,33(45)41-50(46,47)26-12-13-26)40-30(43)28-17-25-19-42(28)32(44)29(35(2,3)4)39-34-38-24(20-49-34)9-7-6-8-21-10-11-22-14-15-37-31(48-25)27(22)16-21/h5,10-11,14-16,20,23,25-26,28-29H,1,6-9,12-13,17-19H2,2-4H3,(H,38,39)(H,40,43)(H,41,45)/t23-,25-,28+,29-,36-/m1/s1. The SMILES string of the molecule is C=C[C@@H]1C[C@]1(NC(=O)[C@@H]1C[C@@H]2CN1C(=O)[C@H](C(C)(C)C)Nc1nc(cs1)CCCCc1ccc3ccnc(c3c1)O2)C(=O)NS(=O)(=O)C1CC1. The van der Waals surface area contributed by atoms with Gasteiger partial charge in [-0.2, -0.15) is 0 Å². The fourth-order valence-electron chi connectivity index (χ4n) is 7.05. The Kier molecular flexibility index (Phi) is 8.90. The van der Waals surface area contributed by atoms with E-state index < -0.39 is 62.1 Å². The summed E-state index contributed by atoms with van der Waals surface area (Å²) in [5.41, 5.74) is 0.0796. The van der Waals surface area contributed by atoms with Gasteiger partial charge in [-0.15, -0.1) is 17.9 Å². The molecule has 2 aliphatic carbocycles. The fourth-order valence-corrected chi connectivity index (χ4v) is 9.19. The van der Waals surface area contributed by atoms with Gasteiger partial charge >= 0.3 is 0 Å². The minimum atomic E-state index is -3.85. The van der Waals surface area contributed by atoms with Crippen LogP contribution in [0.1, 0.15) is 70.6 Å². The number of hydrogen-bond acceptors (Lipinski definition) is 10. The third kappa shape index (κ3) is 6.83. The molecule has 2 aliphatic heterocycles. The maximum atomic E-state index is 14.6. The van der Waals surface area contributed by atoms with Gasteiger partial charge in [0.15, 0.2) is 5.13 Å². The van der Waals surface area contributed by atoms with Crippen LogP contribution >= 0.6 is 11.3 Å². The van der Waals surface area contributed by atoms with E-state index >= 15 is 0 Å². The van der Waals surface area contributed by atoms with Crippen LogP contribution in [-0.2, 0) is 37.2 Å². The number of carbonyl (C=O) groups is 3. The van der Waals surface area contributed by atoms with E-state index in [2.05, 4.69) is 45.1 Å². The van der Waals surface area contributed by atoms with E-state index in [1.165, 1.54) is 21.8 Å². The van der Waals surface area contributed by atoms with Gasteiger partial charge in [0.1, 0.15) is 23.7 Å². The van der Waals surface area contributed by atoms with E-state index in [1.54, 1.807) is 12.3 Å². The molecule has 2 saturated carbocycles. The summed E-state index contributed by atoms with van der Waals surface area (Å²) in [7, 11) is -3.85. The smallest absolute Gasteiger partial charge is 0.259 e. The second kappa shape index (κ2) is 12.9. The van der Waals surface area contributed by atoms with Crippen molar-refractivity contribution in [1.82, 2.24) is 24.9 Å². The topological polar surface area (TPSA) is 160 Å². The van der Waals surface area contributed by atoms with Crippen LogP contribution in [0.5, 0.6) is 5.88 Å². The first-order valence-corrected chi connectivity index (χ1v) is 19.8. The van der Waals surface area contributed by atoms with Crippen molar-refractivity contribution in [2.75, 3.05) is 11.9 Å². The average Bonchev–Trinajstić information content (AvgIpc) is 3.96. The van der Waals surface area contributed by atoms with Gasteiger partial charge in [-0.25, -0.2) is 18.4 Å². The zero-order valence-corrected chi connectivity index (χ0v) is 30.2. The molecule has 0 radical (unpaired) electrons. The molecule has 1 saturated heterocycles. The molecule has 4 heterocycles. The van der Waals surface area contributed by atoms with Crippen molar-refractivity contribution >= 4 is 55.0 Å². The van der Waals surface area contributed by atoms with Crippen LogP contribution in [0.3, 0.4) is 0 Å². The van der Waals surface area contributed by atoms with Crippen LogP contribution < -0.4 is 20.1 Å². The lowest BCUT2D eigenvalue weighted by atomic mass is 9.85. The van der Waals surface area contributed by atoms with Crippen LogP contribution in [0.15, 0.2) is 48.5 Å². The average molecular weight is 721 g/mol. The monoisotopic (exact) mass is 720 g/mol. The van der Waals surface area contributed by atoms with Gasteiger partial charge in [-0.1, -0.05) is 39.0 Å². The number of aromatic nitrogens is 2. The van der Waals surface area contributed by atoms with Gasteiger partial charge < -0.3 is 20.3 Å². The third-order valence-corrected chi connectivity index (χ3v) is 12.9. The highest BCUT2D eigenvalue weighted by atomic mass is 32.2. The van der Waals surface area contributed by atoms with Crippen molar-refractivity contribution in [2.24, 2.45) is 11.3 Å². The van der Waals surface area contributed by atoms with Crippen molar-refractivity contribution in [3.05, 3.63) is 59.8 Å². The summed E-state index contributed by atoms with van der Waals surface area (Å²) in [6.07, 6.45) is 7.63. The van der Waals surface area contributed by atoms with Gasteiger partial charge in [-0.05, 0) is 73.4 Å². The number of nitrogens with zero attached hydrogens (tertiary/aromatic N) is 3. The second-order valence-corrected chi connectivity index (χ2v) is 17.9. The molecule has 3 N–H and O–H groups in total. The van der Waals surface area contributed by atoms with Gasteiger partial charge in [0.05, 0.1) is 17.5 Å². The molecule has 50 heavy (non-hydrogen) atoms. The van der Waals surface area contributed by atoms with Gasteiger partial charge in [0.2, 0.25) is 27.7 Å². The Labute approximate surface area is 296 Å². The van der Waals surface area contributed by atoms with Crippen LogP contribution in [0.25, 0.3) is 10.8 Å². The minimum absolute atomic E-state index is 0.103. The normalized spacial score (nSPS) is 27.1. The number of hydrogen-bond donors (Lipinski definition) is 3. The molecule has 3 aromatic rings. The number of amides is 3. The zero-order valence-electron chi connectivity index (χ0n) is 28.6. The van der Waals surface area contributed by atoms with E-state index in [0.29, 0.717) is 23.9 Å². The number of carbonyl (C=O) groups excluding carboxylic acids is 3.